The topological polar surface area (TPSA) is 30.7 Å². The Balaban J connectivity index is 1.40. The number of unbranched alkanes of at least 4 members (excludes halogenated alkanes) is 2. The summed E-state index contributed by atoms with van der Waals surface area (Å²) in [6.07, 6.45) is 13.6. The van der Waals surface area contributed by atoms with Gasteiger partial charge in [-0.25, -0.2) is 0 Å². The van der Waals surface area contributed by atoms with Gasteiger partial charge in [0, 0.05) is 18.0 Å². The maximum atomic E-state index is 4.77. The number of benzene rings is 2. The van der Waals surface area contributed by atoms with Crippen LogP contribution >= 0.6 is 0 Å². The standard InChI is InChI=1S/C26H33N3/c1-3-4-7-12-25-13-16-26(17-14-25,18-15-25)24-28-27-23(29(24)2)22-11-10-20-8-5-6-9-21(20)19-22/h5-6,8-11,19H,3-4,7,12-18H2,1-2H3. The summed E-state index contributed by atoms with van der Waals surface area (Å²) in [6.45, 7) is 2.31. The van der Waals surface area contributed by atoms with Crippen LogP contribution < -0.4 is 0 Å². The molecule has 3 aromatic rings. The molecule has 0 radical (unpaired) electrons. The van der Waals surface area contributed by atoms with E-state index >= 15 is 0 Å². The van der Waals surface area contributed by atoms with Crippen LogP contribution in [0, 0.1) is 5.41 Å². The van der Waals surface area contributed by atoms with E-state index < -0.39 is 0 Å². The van der Waals surface area contributed by atoms with Gasteiger partial charge in [-0.3, -0.25) is 0 Å². The van der Waals surface area contributed by atoms with Crippen LogP contribution in [0.1, 0.15) is 77.0 Å². The van der Waals surface area contributed by atoms with Gasteiger partial charge in [-0.2, -0.15) is 0 Å². The fourth-order valence-corrected chi connectivity index (χ4v) is 6.09. The van der Waals surface area contributed by atoms with Crippen molar-refractivity contribution in [2.24, 2.45) is 12.5 Å². The van der Waals surface area contributed by atoms with Crippen LogP contribution in [0.4, 0.5) is 0 Å². The molecule has 152 valence electrons. The van der Waals surface area contributed by atoms with Crippen molar-refractivity contribution >= 4 is 10.8 Å². The first kappa shape index (κ1) is 18.8. The first-order valence-electron chi connectivity index (χ1n) is 11.5. The lowest BCUT2D eigenvalue weighted by molar-refractivity contribution is 0.0250. The van der Waals surface area contributed by atoms with Crippen LogP contribution in [0.25, 0.3) is 22.2 Å². The lowest BCUT2D eigenvalue weighted by atomic mass is 9.52. The van der Waals surface area contributed by atoms with Gasteiger partial charge in [-0.05, 0) is 67.2 Å². The van der Waals surface area contributed by atoms with E-state index in [1.54, 1.807) is 0 Å². The molecule has 1 aromatic heterocycles. The Morgan fingerprint density at radius 2 is 1.59 bits per heavy atom. The van der Waals surface area contributed by atoms with Crippen molar-refractivity contribution in [3.63, 3.8) is 0 Å². The molecule has 3 saturated carbocycles. The molecule has 3 aliphatic carbocycles. The molecule has 0 amide bonds. The zero-order valence-corrected chi connectivity index (χ0v) is 18.0. The van der Waals surface area contributed by atoms with Crippen molar-refractivity contribution in [1.29, 1.82) is 0 Å². The van der Waals surface area contributed by atoms with E-state index in [4.69, 9.17) is 5.10 Å². The van der Waals surface area contributed by atoms with Crippen LogP contribution in [-0.2, 0) is 12.5 Å². The number of hydrogen-bond donors (Lipinski definition) is 0. The van der Waals surface area contributed by atoms with E-state index in [2.05, 4.69) is 66.1 Å². The summed E-state index contributed by atoms with van der Waals surface area (Å²) in [5.74, 6) is 2.23. The molecular weight excluding hydrogens is 354 g/mol. The van der Waals surface area contributed by atoms with Gasteiger partial charge in [0.2, 0.25) is 0 Å². The molecule has 3 heteroatoms. The molecule has 0 saturated heterocycles. The second-order valence-electron chi connectivity index (χ2n) is 9.71. The summed E-state index contributed by atoms with van der Waals surface area (Å²) in [5.41, 5.74) is 2.06. The summed E-state index contributed by atoms with van der Waals surface area (Å²) in [4.78, 5) is 0. The molecule has 0 aliphatic heterocycles. The molecule has 6 rings (SSSR count). The van der Waals surface area contributed by atoms with Crippen molar-refractivity contribution in [1.82, 2.24) is 14.8 Å². The largest absolute Gasteiger partial charge is 0.314 e. The zero-order chi connectivity index (χ0) is 19.9. The van der Waals surface area contributed by atoms with Gasteiger partial charge in [0.1, 0.15) is 5.82 Å². The predicted molar refractivity (Wildman–Crippen MR) is 120 cm³/mol. The van der Waals surface area contributed by atoms with Crippen LogP contribution in [-0.4, -0.2) is 14.8 Å². The van der Waals surface area contributed by atoms with Crippen molar-refractivity contribution < 1.29 is 0 Å². The van der Waals surface area contributed by atoms with Crippen molar-refractivity contribution in [3.8, 4) is 11.4 Å². The third-order valence-corrected chi connectivity index (χ3v) is 8.07. The molecule has 1 heterocycles. The highest BCUT2D eigenvalue weighted by atomic mass is 15.3. The van der Waals surface area contributed by atoms with Crippen LogP contribution in [0.5, 0.6) is 0 Å². The molecule has 2 bridgehead atoms. The first-order chi connectivity index (χ1) is 14.1. The highest BCUT2D eigenvalue weighted by Gasteiger charge is 2.51. The molecule has 2 aromatic carbocycles. The van der Waals surface area contributed by atoms with Crippen molar-refractivity contribution in [3.05, 3.63) is 48.3 Å². The van der Waals surface area contributed by atoms with E-state index in [0.717, 1.165) is 5.82 Å². The Morgan fingerprint density at radius 1 is 0.862 bits per heavy atom. The van der Waals surface area contributed by atoms with E-state index in [-0.39, 0.29) is 5.41 Å². The average molecular weight is 388 g/mol. The Kier molecular flexibility index (Phi) is 4.72. The molecule has 0 N–H and O–H groups in total. The SMILES string of the molecule is CCCCCC12CCC(c3nnc(-c4ccc5ccccc5c4)n3C)(CC1)CC2. The molecule has 3 aliphatic rings. The smallest absolute Gasteiger partial charge is 0.163 e. The fourth-order valence-electron chi connectivity index (χ4n) is 6.09. The van der Waals surface area contributed by atoms with Gasteiger partial charge in [0.25, 0.3) is 0 Å². The molecule has 3 nitrogen and oxygen atoms in total. The van der Waals surface area contributed by atoms with Crippen LogP contribution in [0.2, 0.25) is 0 Å². The summed E-state index contributed by atoms with van der Waals surface area (Å²) >= 11 is 0. The van der Waals surface area contributed by atoms with Gasteiger partial charge < -0.3 is 4.57 Å². The van der Waals surface area contributed by atoms with E-state index in [1.165, 1.54) is 86.4 Å². The minimum atomic E-state index is 0.253. The maximum Gasteiger partial charge on any atom is 0.163 e. The Bertz CT molecular complexity index is 991. The van der Waals surface area contributed by atoms with Gasteiger partial charge in [-0.15, -0.1) is 10.2 Å². The number of fused-ring (bicyclic) bond motifs is 4. The lowest BCUT2D eigenvalue weighted by Gasteiger charge is -2.53. The summed E-state index contributed by atoms with van der Waals surface area (Å²) in [6, 6.07) is 15.2. The summed E-state index contributed by atoms with van der Waals surface area (Å²) < 4.78 is 2.29. The van der Waals surface area contributed by atoms with Crippen LogP contribution in [0.3, 0.4) is 0 Å². The quantitative estimate of drug-likeness (QED) is 0.435. The molecule has 3 fully saturated rings. The number of hydrogen-bond acceptors (Lipinski definition) is 2. The molecular formula is C26H33N3. The Morgan fingerprint density at radius 3 is 2.31 bits per heavy atom. The molecule has 29 heavy (non-hydrogen) atoms. The molecule has 0 atom stereocenters. The van der Waals surface area contributed by atoms with Gasteiger partial charge in [-0.1, -0.05) is 62.6 Å². The highest BCUT2D eigenvalue weighted by molar-refractivity contribution is 5.86. The average Bonchev–Trinajstić information content (AvgIpc) is 3.17. The first-order valence-corrected chi connectivity index (χ1v) is 11.5. The van der Waals surface area contributed by atoms with Gasteiger partial charge in [0.15, 0.2) is 5.82 Å². The van der Waals surface area contributed by atoms with Gasteiger partial charge >= 0.3 is 0 Å². The fraction of sp³-hybridized carbons (Fsp3) is 0.538. The summed E-state index contributed by atoms with van der Waals surface area (Å²) in [5, 5.41) is 12.0. The number of nitrogens with zero attached hydrogens (tertiary/aromatic N) is 3. The van der Waals surface area contributed by atoms with Crippen molar-refractivity contribution in [2.45, 2.75) is 76.5 Å². The highest BCUT2D eigenvalue weighted by Crippen LogP contribution is 2.59. The normalized spacial score (nSPS) is 26.3. The maximum absolute atomic E-state index is 4.77. The third-order valence-electron chi connectivity index (χ3n) is 8.07. The summed E-state index contributed by atoms with van der Waals surface area (Å²) in [7, 11) is 2.17. The van der Waals surface area contributed by atoms with Crippen molar-refractivity contribution in [2.75, 3.05) is 0 Å². The lowest BCUT2D eigenvalue weighted by Crippen LogP contribution is -2.45. The monoisotopic (exact) mass is 387 g/mol. The zero-order valence-electron chi connectivity index (χ0n) is 18.0. The molecule has 0 spiro atoms. The minimum absolute atomic E-state index is 0.253. The third kappa shape index (κ3) is 3.19. The second-order valence-corrected chi connectivity index (χ2v) is 9.71. The number of rotatable bonds is 6. The van der Waals surface area contributed by atoms with Crippen LogP contribution in [0.15, 0.2) is 42.5 Å². The van der Waals surface area contributed by atoms with E-state index in [1.807, 2.05) is 0 Å². The van der Waals surface area contributed by atoms with E-state index in [0.29, 0.717) is 5.41 Å². The van der Waals surface area contributed by atoms with Gasteiger partial charge in [0.05, 0.1) is 0 Å². The predicted octanol–water partition coefficient (Wildman–Crippen LogP) is 6.81. The second kappa shape index (κ2) is 7.27. The minimum Gasteiger partial charge on any atom is -0.314 e. The Labute approximate surface area is 174 Å². The Hall–Kier alpha value is -2.16. The number of aromatic nitrogens is 3. The molecule has 0 unspecified atom stereocenters. The van der Waals surface area contributed by atoms with E-state index in [9.17, 15) is 0 Å².